The van der Waals surface area contributed by atoms with Gasteiger partial charge in [-0.25, -0.2) is 0 Å². The van der Waals surface area contributed by atoms with Gasteiger partial charge in [-0.3, -0.25) is 4.79 Å². The predicted octanol–water partition coefficient (Wildman–Crippen LogP) is 16.8. The molecule has 0 unspecified atom stereocenters. The van der Waals surface area contributed by atoms with Crippen molar-refractivity contribution in [1.82, 2.24) is 0 Å². The lowest BCUT2D eigenvalue weighted by molar-refractivity contribution is -0.149. The molecule has 2 heteroatoms. The van der Waals surface area contributed by atoms with Gasteiger partial charge in [0.15, 0.2) is 0 Å². The maximum atomic E-state index is 13.1. The van der Waals surface area contributed by atoms with E-state index in [0.717, 1.165) is 19.3 Å². The lowest BCUT2D eigenvalue weighted by atomic mass is 9.94. The second-order valence-electron chi connectivity index (χ2n) is 15.8. The van der Waals surface area contributed by atoms with Crippen LogP contribution in [0.3, 0.4) is 0 Å². The van der Waals surface area contributed by atoms with Crippen LogP contribution in [0.5, 0.6) is 0 Å². The maximum absolute atomic E-state index is 13.1. The molecule has 0 N–H and O–H groups in total. The van der Waals surface area contributed by atoms with Crippen molar-refractivity contribution < 1.29 is 9.53 Å². The lowest BCUT2D eigenvalue weighted by Crippen LogP contribution is -2.18. The van der Waals surface area contributed by atoms with E-state index in [2.05, 4.69) is 20.8 Å². The number of ether oxygens (including phenoxy) is 1. The number of carbonyl (C=O) groups is 1. The van der Waals surface area contributed by atoms with Crippen LogP contribution in [0.15, 0.2) is 0 Å². The Morgan fingerprint density at radius 1 is 0.312 bits per heavy atom. The van der Waals surface area contributed by atoms with Gasteiger partial charge in [0.2, 0.25) is 0 Å². The largest absolute Gasteiger partial charge is 0.465 e. The standard InChI is InChI=1S/C46H92O2/c1-4-7-10-13-16-19-22-25-26-29-32-35-38-41-44-48-46(47)45(42-39-36-33-30-27-23-20-17-14-11-8-5-2)43-40-37-34-31-28-24-21-18-15-12-9-6-3/h45H,4-44H2,1-3H3. The van der Waals surface area contributed by atoms with Gasteiger partial charge in [-0.15, -0.1) is 0 Å². The Morgan fingerprint density at radius 2 is 0.521 bits per heavy atom. The number of esters is 1. The fraction of sp³-hybridized carbons (Fsp3) is 0.978. The first-order valence-electron chi connectivity index (χ1n) is 22.9. The molecule has 288 valence electrons. The van der Waals surface area contributed by atoms with Crippen molar-refractivity contribution in [2.75, 3.05) is 6.61 Å². The molecule has 48 heavy (non-hydrogen) atoms. The van der Waals surface area contributed by atoms with Crippen LogP contribution < -0.4 is 0 Å². The quantitative estimate of drug-likeness (QED) is 0.0475. The van der Waals surface area contributed by atoms with E-state index in [9.17, 15) is 4.79 Å². The number of hydrogen-bond acceptors (Lipinski definition) is 2. The third-order valence-corrected chi connectivity index (χ3v) is 10.9. The normalized spacial score (nSPS) is 11.6. The van der Waals surface area contributed by atoms with Crippen LogP contribution in [0.1, 0.15) is 278 Å². The predicted molar refractivity (Wildman–Crippen MR) is 216 cm³/mol. The molecule has 0 aliphatic carbocycles. The van der Waals surface area contributed by atoms with Gasteiger partial charge in [0.05, 0.1) is 12.5 Å². The summed E-state index contributed by atoms with van der Waals surface area (Å²) in [6.45, 7) is 7.53. The highest BCUT2D eigenvalue weighted by Crippen LogP contribution is 2.22. The summed E-state index contributed by atoms with van der Waals surface area (Å²) in [5.41, 5.74) is 0. The zero-order chi connectivity index (χ0) is 34.9. The number of carbonyl (C=O) groups excluding carboxylic acids is 1. The first-order valence-corrected chi connectivity index (χ1v) is 22.9. The molecule has 0 aromatic heterocycles. The zero-order valence-electron chi connectivity index (χ0n) is 33.9. The Kier molecular flexibility index (Phi) is 42.2. The number of rotatable bonds is 42. The van der Waals surface area contributed by atoms with E-state index in [1.54, 1.807) is 0 Å². The number of unbranched alkanes of at least 4 members (excludes halogenated alkanes) is 35. The Labute approximate surface area is 304 Å². The van der Waals surface area contributed by atoms with E-state index >= 15 is 0 Å². The average molecular weight is 677 g/mol. The fourth-order valence-electron chi connectivity index (χ4n) is 7.43. The Morgan fingerprint density at radius 3 is 0.771 bits per heavy atom. The van der Waals surface area contributed by atoms with Gasteiger partial charge in [0.1, 0.15) is 0 Å². The zero-order valence-corrected chi connectivity index (χ0v) is 33.9. The topological polar surface area (TPSA) is 26.3 Å². The van der Waals surface area contributed by atoms with Crippen LogP contribution in [0.25, 0.3) is 0 Å². The Bertz CT molecular complexity index is 559. The molecule has 2 nitrogen and oxygen atoms in total. The van der Waals surface area contributed by atoms with Crippen molar-refractivity contribution in [2.24, 2.45) is 5.92 Å². The lowest BCUT2D eigenvalue weighted by Gasteiger charge is -2.16. The molecule has 0 aliphatic heterocycles. The summed E-state index contributed by atoms with van der Waals surface area (Å²) < 4.78 is 5.89. The van der Waals surface area contributed by atoms with E-state index in [-0.39, 0.29) is 11.9 Å². The Hall–Kier alpha value is -0.530. The van der Waals surface area contributed by atoms with E-state index in [1.165, 1.54) is 238 Å². The van der Waals surface area contributed by atoms with E-state index < -0.39 is 0 Å². The smallest absolute Gasteiger partial charge is 0.308 e. The molecule has 0 aromatic carbocycles. The second kappa shape index (κ2) is 42.6. The molecule has 0 bridgehead atoms. The summed E-state index contributed by atoms with van der Waals surface area (Å²) in [6.07, 6.45) is 54.2. The molecule has 0 saturated heterocycles. The minimum atomic E-state index is 0.121. The van der Waals surface area contributed by atoms with Crippen molar-refractivity contribution in [2.45, 2.75) is 278 Å². The van der Waals surface area contributed by atoms with Gasteiger partial charge in [-0.05, 0) is 19.3 Å². The van der Waals surface area contributed by atoms with Crippen LogP contribution in [-0.4, -0.2) is 12.6 Å². The highest BCUT2D eigenvalue weighted by molar-refractivity contribution is 5.72. The molecule has 0 saturated carbocycles. The Balaban J connectivity index is 4.04. The summed E-state index contributed by atoms with van der Waals surface area (Å²) in [7, 11) is 0. The SMILES string of the molecule is CCCCCCCCCCCCCCCCOC(=O)C(CCCCCCCCCCCCCC)CCCCCCCCCCCCCC. The monoisotopic (exact) mass is 677 g/mol. The number of hydrogen-bond donors (Lipinski definition) is 0. The summed E-state index contributed by atoms with van der Waals surface area (Å²) >= 11 is 0. The summed E-state index contributed by atoms with van der Waals surface area (Å²) in [5.74, 6) is 0.263. The van der Waals surface area contributed by atoms with Crippen LogP contribution in [0.2, 0.25) is 0 Å². The molecule has 0 rings (SSSR count). The third kappa shape index (κ3) is 38.3. The molecule has 0 fully saturated rings. The van der Waals surface area contributed by atoms with Gasteiger partial charge in [0, 0.05) is 0 Å². The molecular formula is C46H92O2. The third-order valence-electron chi connectivity index (χ3n) is 10.9. The summed E-state index contributed by atoms with van der Waals surface area (Å²) in [4.78, 5) is 13.1. The van der Waals surface area contributed by atoms with Crippen LogP contribution >= 0.6 is 0 Å². The van der Waals surface area contributed by atoms with Crippen molar-refractivity contribution in [1.29, 1.82) is 0 Å². The van der Waals surface area contributed by atoms with E-state index in [4.69, 9.17) is 4.74 Å². The van der Waals surface area contributed by atoms with Crippen molar-refractivity contribution in [3.05, 3.63) is 0 Å². The molecule has 0 radical (unpaired) electrons. The molecule has 0 amide bonds. The van der Waals surface area contributed by atoms with Gasteiger partial charge in [0.25, 0.3) is 0 Å². The van der Waals surface area contributed by atoms with Crippen LogP contribution in [0.4, 0.5) is 0 Å². The molecule has 0 atom stereocenters. The average Bonchev–Trinajstić information content (AvgIpc) is 3.09. The van der Waals surface area contributed by atoms with Crippen LogP contribution in [0, 0.1) is 5.92 Å². The summed E-state index contributed by atoms with van der Waals surface area (Å²) in [5, 5.41) is 0. The highest BCUT2D eigenvalue weighted by atomic mass is 16.5. The van der Waals surface area contributed by atoms with Crippen molar-refractivity contribution >= 4 is 5.97 Å². The first kappa shape index (κ1) is 47.5. The van der Waals surface area contributed by atoms with Crippen molar-refractivity contribution in [3.63, 3.8) is 0 Å². The van der Waals surface area contributed by atoms with Gasteiger partial charge >= 0.3 is 5.97 Å². The molecule has 0 spiro atoms. The molecule has 0 aromatic rings. The minimum absolute atomic E-state index is 0.121. The fourth-order valence-corrected chi connectivity index (χ4v) is 7.43. The van der Waals surface area contributed by atoms with Crippen molar-refractivity contribution in [3.8, 4) is 0 Å². The minimum Gasteiger partial charge on any atom is -0.465 e. The summed E-state index contributed by atoms with van der Waals surface area (Å²) in [6, 6.07) is 0. The van der Waals surface area contributed by atoms with Crippen LogP contribution in [-0.2, 0) is 9.53 Å². The van der Waals surface area contributed by atoms with E-state index in [1.807, 2.05) is 0 Å². The van der Waals surface area contributed by atoms with Gasteiger partial charge < -0.3 is 4.74 Å². The molecule has 0 aliphatic rings. The molecular weight excluding hydrogens is 585 g/mol. The first-order chi connectivity index (χ1) is 23.8. The maximum Gasteiger partial charge on any atom is 0.308 e. The molecule has 0 heterocycles. The van der Waals surface area contributed by atoms with Gasteiger partial charge in [-0.2, -0.15) is 0 Å². The second-order valence-corrected chi connectivity index (χ2v) is 15.8. The van der Waals surface area contributed by atoms with E-state index in [0.29, 0.717) is 6.61 Å². The van der Waals surface area contributed by atoms with Gasteiger partial charge in [-0.1, -0.05) is 258 Å². The highest BCUT2D eigenvalue weighted by Gasteiger charge is 2.19.